The maximum Gasteiger partial charge on any atom is 0.353 e. The van der Waals surface area contributed by atoms with Crippen molar-refractivity contribution in [1.82, 2.24) is 0 Å². The van der Waals surface area contributed by atoms with Gasteiger partial charge in [-0.05, 0) is 12.5 Å². The second kappa shape index (κ2) is 3.73. The molecule has 15 heavy (non-hydrogen) atoms. The monoisotopic (exact) mass is 205 g/mol. The average molecular weight is 205 g/mol. The number of hydrogen-bond donors (Lipinski definition) is 1. The van der Waals surface area contributed by atoms with E-state index in [2.05, 4.69) is 5.16 Å². The van der Waals surface area contributed by atoms with Crippen LogP contribution in [0.25, 0.3) is 0 Å². The van der Waals surface area contributed by atoms with Crippen LogP contribution >= 0.6 is 0 Å². The summed E-state index contributed by atoms with van der Waals surface area (Å²) < 4.78 is 0. The lowest BCUT2D eigenvalue weighted by molar-refractivity contribution is -0.129. The summed E-state index contributed by atoms with van der Waals surface area (Å²) in [7, 11) is 0. The van der Waals surface area contributed by atoms with Crippen molar-refractivity contribution in [2.45, 2.75) is 19.4 Å². The van der Waals surface area contributed by atoms with Gasteiger partial charge in [-0.25, -0.2) is 4.79 Å². The number of aryl methyl sites for hydroxylation is 1. The smallest absolute Gasteiger partial charge is 0.353 e. The van der Waals surface area contributed by atoms with Crippen LogP contribution in [0.2, 0.25) is 0 Å². The zero-order valence-corrected chi connectivity index (χ0v) is 8.30. The van der Waals surface area contributed by atoms with Crippen molar-refractivity contribution in [3.63, 3.8) is 0 Å². The Kier molecular flexibility index (Phi) is 2.41. The predicted octanol–water partition coefficient (Wildman–Crippen LogP) is 1.90. The van der Waals surface area contributed by atoms with Crippen LogP contribution < -0.4 is 0 Å². The second-order valence-electron chi connectivity index (χ2n) is 3.55. The van der Waals surface area contributed by atoms with E-state index in [9.17, 15) is 4.79 Å². The fourth-order valence-electron chi connectivity index (χ4n) is 1.46. The Balaban J connectivity index is 2.10. The van der Waals surface area contributed by atoms with Crippen molar-refractivity contribution in [3.05, 3.63) is 35.4 Å². The van der Waals surface area contributed by atoms with E-state index in [1.807, 2.05) is 31.2 Å². The number of carboxylic acid groups (broad SMARTS) is 1. The summed E-state index contributed by atoms with van der Waals surface area (Å²) in [5.74, 6) is -1.01. The Morgan fingerprint density at radius 3 is 2.67 bits per heavy atom. The van der Waals surface area contributed by atoms with Crippen LogP contribution in [0.4, 0.5) is 0 Å². The van der Waals surface area contributed by atoms with Crippen molar-refractivity contribution in [2.75, 3.05) is 0 Å². The van der Waals surface area contributed by atoms with E-state index in [0.717, 1.165) is 11.1 Å². The first-order chi connectivity index (χ1) is 7.16. The molecular weight excluding hydrogens is 194 g/mol. The lowest BCUT2D eigenvalue weighted by Gasteiger charge is -2.07. The zero-order chi connectivity index (χ0) is 10.8. The summed E-state index contributed by atoms with van der Waals surface area (Å²) in [6.07, 6.45) is 0.0787. The molecule has 1 aromatic carbocycles. The van der Waals surface area contributed by atoms with E-state index in [1.54, 1.807) is 0 Å². The Labute approximate surface area is 87.2 Å². The van der Waals surface area contributed by atoms with Crippen LogP contribution in [0.3, 0.4) is 0 Å². The summed E-state index contributed by atoms with van der Waals surface area (Å²) in [6.45, 7) is 2.00. The molecule has 0 amide bonds. The molecule has 4 nitrogen and oxygen atoms in total. The van der Waals surface area contributed by atoms with Gasteiger partial charge in [0.25, 0.3) is 0 Å². The summed E-state index contributed by atoms with van der Waals surface area (Å²) in [4.78, 5) is 15.7. The molecule has 0 unspecified atom stereocenters. The van der Waals surface area contributed by atoms with Gasteiger partial charge in [0.1, 0.15) is 0 Å². The van der Waals surface area contributed by atoms with Gasteiger partial charge in [0.15, 0.2) is 11.8 Å². The maximum absolute atomic E-state index is 10.6. The molecule has 78 valence electrons. The molecule has 0 bridgehead atoms. The lowest BCUT2D eigenvalue weighted by Crippen LogP contribution is -2.11. The fourth-order valence-corrected chi connectivity index (χ4v) is 1.46. The van der Waals surface area contributed by atoms with Gasteiger partial charge in [0, 0.05) is 6.42 Å². The van der Waals surface area contributed by atoms with Crippen molar-refractivity contribution >= 4 is 11.7 Å². The van der Waals surface area contributed by atoms with Crippen LogP contribution in [0, 0.1) is 6.92 Å². The number of nitrogens with zero attached hydrogens (tertiary/aromatic N) is 1. The van der Waals surface area contributed by atoms with E-state index >= 15 is 0 Å². The highest BCUT2D eigenvalue weighted by molar-refractivity contribution is 6.35. The standard InChI is InChI=1S/C11H11NO3/c1-7-2-4-8(5-3-7)10-6-9(11(13)14)12-15-10/h2-5,10H,6H2,1H3,(H,13,14)/t10-/m1/s1. The van der Waals surface area contributed by atoms with E-state index in [0.29, 0.717) is 6.42 Å². The van der Waals surface area contributed by atoms with Gasteiger partial charge in [-0.15, -0.1) is 0 Å². The fraction of sp³-hybridized carbons (Fsp3) is 0.273. The average Bonchev–Trinajstić information content (AvgIpc) is 2.68. The zero-order valence-electron chi connectivity index (χ0n) is 8.30. The Morgan fingerprint density at radius 2 is 2.13 bits per heavy atom. The molecule has 0 fully saturated rings. The first kappa shape index (κ1) is 9.71. The van der Waals surface area contributed by atoms with Gasteiger partial charge >= 0.3 is 5.97 Å². The Morgan fingerprint density at radius 1 is 1.47 bits per heavy atom. The molecule has 0 saturated carbocycles. The lowest BCUT2D eigenvalue weighted by atomic mass is 10.0. The van der Waals surface area contributed by atoms with Gasteiger partial charge < -0.3 is 9.94 Å². The topological polar surface area (TPSA) is 58.9 Å². The minimum absolute atomic E-state index is 0.0839. The SMILES string of the molecule is Cc1ccc([C@H]2CC(C(=O)O)=NO2)cc1. The van der Waals surface area contributed by atoms with Gasteiger partial charge in [-0.3, -0.25) is 0 Å². The van der Waals surface area contributed by atoms with E-state index in [4.69, 9.17) is 9.94 Å². The van der Waals surface area contributed by atoms with Gasteiger partial charge in [0.2, 0.25) is 0 Å². The molecule has 0 radical (unpaired) electrons. The molecule has 1 aromatic rings. The molecule has 0 aliphatic carbocycles. The van der Waals surface area contributed by atoms with Gasteiger partial charge in [0.05, 0.1) is 0 Å². The molecule has 2 rings (SSSR count). The molecule has 0 aromatic heterocycles. The number of rotatable bonds is 2. The number of benzene rings is 1. The second-order valence-corrected chi connectivity index (χ2v) is 3.55. The molecule has 4 heteroatoms. The van der Waals surface area contributed by atoms with Crippen molar-refractivity contribution in [1.29, 1.82) is 0 Å². The molecule has 1 atom stereocenters. The van der Waals surface area contributed by atoms with Crippen LogP contribution in [-0.2, 0) is 9.63 Å². The Bertz CT molecular complexity index is 408. The normalized spacial score (nSPS) is 19.5. The molecule has 1 aliphatic heterocycles. The largest absolute Gasteiger partial charge is 0.477 e. The molecule has 0 saturated heterocycles. The molecule has 0 spiro atoms. The Hall–Kier alpha value is -1.84. The quantitative estimate of drug-likeness (QED) is 0.802. The summed E-state index contributed by atoms with van der Waals surface area (Å²) in [6, 6.07) is 7.80. The molecule has 1 aliphatic rings. The van der Waals surface area contributed by atoms with Crippen LogP contribution in [0.1, 0.15) is 23.7 Å². The highest BCUT2D eigenvalue weighted by Gasteiger charge is 2.26. The van der Waals surface area contributed by atoms with Crippen molar-refractivity contribution in [2.24, 2.45) is 5.16 Å². The first-order valence-corrected chi connectivity index (χ1v) is 4.69. The number of aliphatic carboxylic acids is 1. The number of oxime groups is 1. The summed E-state index contributed by atoms with van der Waals surface area (Å²) in [5.41, 5.74) is 2.21. The third-order valence-electron chi connectivity index (χ3n) is 2.36. The highest BCUT2D eigenvalue weighted by atomic mass is 16.6. The van der Waals surface area contributed by atoms with Crippen molar-refractivity contribution < 1.29 is 14.7 Å². The van der Waals surface area contributed by atoms with Crippen LogP contribution in [-0.4, -0.2) is 16.8 Å². The third-order valence-corrected chi connectivity index (χ3v) is 2.36. The number of carboxylic acids is 1. The van der Waals surface area contributed by atoms with Crippen LogP contribution in [0.5, 0.6) is 0 Å². The third kappa shape index (κ3) is 1.98. The van der Waals surface area contributed by atoms with Gasteiger partial charge in [-0.2, -0.15) is 0 Å². The maximum atomic E-state index is 10.6. The highest BCUT2D eigenvalue weighted by Crippen LogP contribution is 2.27. The predicted molar refractivity (Wildman–Crippen MR) is 54.7 cm³/mol. The minimum Gasteiger partial charge on any atom is -0.477 e. The van der Waals surface area contributed by atoms with E-state index in [-0.39, 0.29) is 11.8 Å². The van der Waals surface area contributed by atoms with E-state index < -0.39 is 5.97 Å². The van der Waals surface area contributed by atoms with E-state index in [1.165, 1.54) is 0 Å². The van der Waals surface area contributed by atoms with Crippen LogP contribution in [0.15, 0.2) is 29.4 Å². The summed E-state index contributed by atoms with van der Waals surface area (Å²) in [5, 5.41) is 12.2. The number of carbonyl (C=O) groups is 1. The molecule has 1 N–H and O–H groups in total. The van der Waals surface area contributed by atoms with Gasteiger partial charge in [-0.1, -0.05) is 35.0 Å². The minimum atomic E-state index is -1.01. The molecular formula is C11H11NO3. The van der Waals surface area contributed by atoms with Crippen molar-refractivity contribution in [3.8, 4) is 0 Å². The first-order valence-electron chi connectivity index (χ1n) is 4.69. The number of hydrogen-bond acceptors (Lipinski definition) is 3. The molecule has 1 heterocycles. The summed E-state index contributed by atoms with van der Waals surface area (Å²) >= 11 is 0.